The number of benzene rings is 2. The lowest BCUT2D eigenvalue weighted by atomic mass is 9.77. The van der Waals surface area contributed by atoms with Gasteiger partial charge in [0.05, 0.1) is 11.6 Å². The van der Waals surface area contributed by atoms with Gasteiger partial charge < -0.3 is 5.32 Å². The minimum absolute atomic E-state index is 0.0538. The minimum atomic E-state index is -0.343. The summed E-state index contributed by atoms with van der Waals surface area (Å²) in [5, 5.41) is 3.19. The number of nitrogens with zero attached hydrogens (tertiary/aromatic N) is 1. The quantitative estimate of drug-likeness (QED) is 0.516. The van der Waals surface area contributed by atoms with Gasteiger partial charge in [0.25, 0.3) is 11.5 Å². The third-order valence-corrected chi connectivity index (χ3v) is 6.76. The fourth-order valence-electron chi connectivity index (χ4n) is 4.50. The van der Waals surface area contributed by atoms with Crippen molar-refractivity contribution >= 4 is 17.5 Å². The number of pyridine rings is 1. The molecule has 1 saturated carbocycles. The molecule has 1 fully saturated rings. The zero-order valence-corrected chi connectivity index (χ0v) is 19.0. The summed E-state index contributed by atoms with van der Waals surface area (Å²) in [6, 6.07) is 15.2. The smallest absolute Gasteiger partial charge is 0.274 e. The largest absolute Gasteiger partial charge is 0.345 e. The molecule has 0 radical (unpaired) electrons. The van der Waals surface area contributed by atoms with Gasteiger partial charge in [-0.1, -0.05) is 55.3 Å². The van der Waals surface area contributed by atoms with Gasteiger partial charge in [-0.2, -0.15) is 0 Å². The van der Waals surface area contributed by atoms with Crippen LogP contribution in [0.5, 0.6) is 0 Å². The number of amides is 1. The van der Waals surface area contributed by atoms with E-state index in [9.17, 15) is 14.0 Å². The molecule has 6 heteroatoms. The maximum absolute atomic E-state index is 13.9. The SMILES string of the molecule is CCc1c(C(=O)N[C@H](c2cccc(F)c2)C2CCC2)c(C)n(-c2ccccc2)c(=O)c1Cl. The molecule has 1 N–H and O–H groups in total. The van der Waals surface area contributed by atoms with Crippen molar-refractivity contribution in [3.05, 3.63) is 98.2 Å². The number of hydrogen-bond donors (Lipinski definition) is 1. The molecular formula is C26H26ClFN2O2. The summed E-state index contributed by atoms with van der Waals surface area (Å²) in [7, 11) is 0. The summed E-state index contributed by atoms with van der Waals surface area (Å²) >= 11 is 6.48. The highest BCUT2D eigenvalue weighted by molar-refractivity contribution is 6.31. The first-order valence-corrected chi connectivity index (χ1v) is 11.4. The van der Waals surface area contributed by atoms with Crippen molar-refractivity contribution in [1.29, 1.82) is 0 Å². The summed E-state index contributed by atoms with van der Waals surface area (Å²) in [5.41, 5.74) is 2.53. The molecule has 1 atom stereocenters. The van der Waals surface area contributed by atoms with Crippen LogP contribution in [0.4, 0.5) is 4.39 Å². The highest BCUT2D eigenvalue weighted by Crippen LogP contribution is 2.38. The third-order valence-electron chi connectivity index (χ3n) is 6.37. The van der Waals surface area contributed by atoms with E-state index in [0.29, 0.717) is 28.9 Å². The summed E-state index contributed by atoms with van der Waals surface area (Å²) in [4.78, 5) is 26.7. The molecule has 1 aromatic heterocycles. The van der Waals surface area contributed by atoms with Gasteiger partial charge in [0.15, 0.2) is 0 Å². The predicted octanol–water partition coefficient (Wildman–Crippen LogP) is 5.77. The van der Waals surface area contributed by atoms with E-state index in [0.717, 1.165) is 24.8 Å². The zero-order valence-electron chi connectivity index (χ0n) is 18.2. The fraction of sp³-hybridized carbons (Fsp3) is 0.308. The first-order valence-electron chi connectivity index (χ1n) is 11.0. The first kappa shape index (κ1) is 22.3. The number of hydrogen-bond acceptors (Lipinski definition) is 2. The molecule has 4 rings (SSSR count). The van der Waals surface area contributed by atoms with Gasteiger partial charge in [-0.25, -0.2) is 4.39 Å². The lowest BCUT2D eigenvalue weighted by molar-refractivity contribution is 0.0898. The number of carbonyl (C=O) groups is 1. The molecule has 1 aliphatic carbocycles. The topological polar surface area (TPSA) is 51.1 Å². The molecule has 0 spiro atoms. The normalized spacial score (nSPS) is 14.6. The van der Waals surface area contributed by atoms with E-state index in [1.807, 2.05) is 43.3 Å². The van der Waals surface area contributed by atoms with Crippen molar-refractivity contribution in [2.45, 2.75) is 45.6 Å². The number of halogens is 2. The van der Waals surface area contributed by atoms with Gasteiger partial charge in [0.2, 0.25) is 0 Å². The summed E-state index contributed by atoms with van der Waals surface area (Å²) in [6.07, 6.45) is 3.49. The molecule has 0 unspecified atom stereocenters. The Hall–Kier alpha value is -2.92. The van der Waals surface area contributed by atoms with E-state index in [4.69, 9.17) is 11.6 Å². The van der Waals surface area contributed by atoms with E-state index < -0.39 is 0 Å². The number of para-hydroxylation sites is 1. The van der Waals surface area contributed by atoms with E-state index in [-0.39, 0.29) is 34.3 Å². The summed E-state index contributed by atoms with van der Waals surface area (Å²) in [5.74, 6) is -0.374. The molecule has 1 aliphatic rings. The molecule has 3 aromatic rings. The van der Waals surface area contributed by atoms with Crippen molar-refractivity contribution < 1.29 is 9.18 Å². The summed E-state index contributed by atoms with van der Waals surface area (Å²) < 4.78 is 15.4. The number of rotatable bonds is 6. The molecule has 0 saturated heterocycles. The maximum atomic E-state index is 13.9. The van der Waals surface area contributed by atoms with Crippen molar-refractivity contribution in [3.8, 4) is 5.69 Å². The van der Waals surface area contributed by atoms with Gasteiger partial charge >= 0.3 is 0 Å². The van der Waals surface area contributed by atoms with Crippen LogP contribution in [0, 0.1) is 18.7 Å². The molecule has 32 heavy (non-hydrogen) atoms. The lowest BCUT2D eigenvalue weighted by Crippen LogP contribution is -2.38. The summed E-state index contributed by atoms with van der Waals surface area (Å²) in [6.45, 7) is 3.64. The van der Waals surface area contributed by atoms with Crippen LogP contribution in [-0.4, -0.2) is 10.5 Å². The van der Waals surface area contributed by atoms with Crippen LogP contribution in [0.3, 0.4) is 0 Å². The molecule has 0 aliphatic heterocycles. The zero-order chi connectivity index (χ0) is 22.8. The van der Waals surface area contributed by atoms with Gasteiger partial charge in [0, 0.05) is 11.4 Å². The molecule has 166 valence electrons. The van der Waals surface area contributed by atoms with E-state index in [1.54, 1.807) is 13.0 Å². The van der Waals surface area contributed by atoms with E-state index in [2.05, 4.69) is 5.32 Å². The fourth-order valence-corrected chi connectivity index (χ4v) is 4.81. The monoisotopic (exact) mass is 452 g/mol. The number of nitrogens with one attached hydrogen (secondary N) is 1. The van der Waals surface area contributed by atoms with Crippen LogP contribution in [0.1, 0.15) is 59.4 Å². The minimum Gasteiger partial charge on any atom is -0.345 e. The maximum Gasteiger partial charge on any atom is 0.274 e. The van der Waals surface area contributed by atoms with E-state index in [1.165, 1.54) is 16.7 Å². The van der Waals surface area contributed by atoms with E-state index >= 15 is 0 Å². The Balaban J connectivity index is 1.80. The predicted molar refractivity (Wildman–Crippen MR) is 125 cm³/mol. The van der Waals surface area contributed by atoms with Crippen LogP contribution in [0.25, 0.3) is 5.69 Å². The van der Waals surface area contributed by atoms with Crippen molar-refractivity contribution in [1.82, 2.24) is 9.88 Å². The standard InChI is InChI=1S/C26H26ClFN2O2/c1-3-21-22(16(2)30(26(32)23(21)27)20-13-5-4-6-14-20)25(31)29-24(17-9-7-10-17)18-11-8-12-19(28)15-18/h4-6,8,11-15,17,24H,3,7,9-10H2,1-2H3,(H,29,31)/t24-/m0/s1. The Morgan fingerprint density at radius 3 is 2.50 bits per heavy atom. The highest BCUT2D eigenvalue weighted by atomic mass is 35.5. The van der Waals surface area contributed by atoms with Crippen LogP contribution in [0.2, 0.25) is 5.02 Å². The average molecular weight is 453 g/mol. The van der Waals surface area contributed by atoms with Crippen LogP contribution in [-0.2, 0) is 6.42 Å². The van der Waals surface area contributed by atoms with Crippen LogP contribution < -0.4 is 10.9 Å². The van der Waals surface area contributed by atoms with Gasteiger partial charge in [-0.15, -0.1) is 0 Å². The number of aromatic nitrogens is 1. The molecular weight excluding hydrogens is 427 g/mol. The molecule has 0 bridgehead atoms. The van der Waals surface area contributed by atoms with Crippen molar-refractivity contribution in [2.24, 2.45) is 5.92 Å². The van der Waals surface area contributed by atoms with Crippen molar-refractivity contribution in [2.75, 3.05) is 0 Å². The third kappa shape index (κ3) is 4.09. The first-order chi connectivity index (χ1) is 15.4. The average Bonchev–Trinajstić information content (AvgIpc) is 2.75. The second kappa shape index (κ2) is 9.29. The highest BCUT2D eigenvalue weighted by Gasteiger charge is 2.32. The van der Waals surface area contributed by atoms with Gasteiger partial charge in [-0.3, -0.25) is 14.2 Å². The lowest BCUT2D eigenvalue weighted by Gasteiger charge is -2.35. The van der Waals surface area contributed by atoms with Crippen molar-refractivity contribution in [3.63, 3.8) is 0 Å². The second-order valence-electron chi connectivity index (χ2n) is 8.28. The Morgan fingerprint density at radius 1 is 1.19 bits per heavy atom. The van der Waals surface area contributed by atoms with Gasteiger partial charge in [-0.05, 0) is 67.5 Å². The van der Waals surface area contributed by atoms with Crippen LogP contribution >= 0.6 is 11.6 Å². The Labute approximate surface area is 192 Å². The Kier molecular flexibility index (Phi) is 6.47. The molecule has 1 heterocycles. The molecule has 2 aromatic carbocycles. The number of carbonyl (C=O) groups excluding carboxylic acids is 1. The Morgan fingerprint density at radius 2 is 1.91 bits per heavy atom. The van der Waals surface area contributed by atoms with Gasteiger partial charge in [0.1, 0.15) is 10.8 Å². The second-order valence-corrected chi connectivity index (χ2v) is 8.66. The van der Waals surface area contributed by atoms with Crippen LogP contribution in [0.15, 0.2) is 59.4 Å². The Bertz CT molecular complexity index is 1200. The molecule has 4 nitrogen and oxygen atoms in total. The molecule has 1 amide bonds.